The van der Waals surface area contributed by atoms with Crippen LogP contribution in [-0.4, -0.2) is 37.1 Å². The van der Waals surface area contributed by atoms with E-state index in [2.05, 4.69) is 45.0 Å². The molecule has 0 aliphatic heterocycles. The van der Waals surface area contributed by atoms with Crippen molar-refractivity contribution in [2.24, 2.45) is 11.8 Å². The van der Waals surface area contributed by atoms with E-state index >= 15 is 0 Å². The van der Waals surface area contributed by atoms with Gasteiger partial charge < -0.3 is 10.2 Å². The lowest BCUT2D eigenvalue weighted by molar-refractivity contribution is 0.131. The summed E-state index contributed by atoms with van der Waals surface area (Å²) in [5, 5.41) is 3.71. The summed E-state index contributed by atoms with van der Waals surface area (Å²) in [6, 6.07) is 1.52. The summed E-state index contributed by atoms with van der Waals surface area (Å²) in [4.78, 5) is 2.60. The molecule has 1 rings (SSSR count). The van der Waals surface area contributed by atoms with Crippen molar-refractivity contribution in [1.82, 2.24) is 10.2 Å². The normalized spacial score (nSPS) is 29.2. The Labute approximate surface area is 115 Å². The summed E-state index contributed by atoms with van der Waals surface area (Å²) in [5.41, 5.74) is 0. The number of hydrogen-bond donors (Lipinski definition) is 1. The van der Waals surface area contributed by atoms with Gasteiger partial charge in [-0.2, -0.15) is 0 Å². The smallest absolute Gasteiger partial charge is 0.0108 e. The third kappa shape index (κ3) is 4.55. The average molecular weight is 254 g/mol. The molecule has 2 heteroatoms. The molecule has 1 N–H and O–H groups in total. The molecule has 0 aromatic carbocycles. The first-order chi connectivity index (χ1) is 8.62. The van der Waals surface area contributed by atoms with Crippen LogP contribution in [0.25, 0.3) is 0 Å². The van der Waals surface area contributed by atoms with Gasteiger partial charge in [0, 0.05) is 18.6 Å². The maximum Gasteiger partial charge on any atom is 0.0108 e. The SMILES string of the molecule is CCNC1CCC(C)CC1CN(C)C(CC)CC. The van der Waals surface area contributed by atoms with Crippen LogP contribution in [0.15, 0.2) is 0 Å². The minimum absolute atomic E-state index is 0.753. The standard InChI is InChI=1S/C16H34N2/c1-6-15(7-2)18(5)12-14-11-13(4)9-10-16(14)17-8-3/h13-17H,6-12H2,1-5H3. The molecule has 0 amide bonds. The summed E-state index contributed by atoms with van der Waals surface area (Å²) in [5.74, 6) is 1.76. The van der Waals surface area contributed by atoms with E-state index in [0.717, 1.165) is 30.5 Å². The van der Waals surface area contributed by atoms with E-state index in [0.29, 0.717) is 0 Å². The molecule has 18 heavy (non-hydrogen) atoms. The average Bonchev–Trinajstić information content (AvgIpc) is 2.34. The maximum absolute atomic E-state index is 3.71. The fourth-order valence-electron chi connectivity index (χ4n) is 3.66. The molecule has 3 unspecified atom stereocenters. The lowest BCUT2D eigenvalue weighted by Gasteiger charge is -2.39. The Morgan fingerprint density at radius 3 is 2.39 bits per heavy atom. The molecule has 0 radical (unpaired) electrons. The Kier molecular flexibility index (Phi) is 7.25. The van der Waals surface area contributed by atoms with Crippen molar-refractivity contribution in [3.05, 3.63) is 0 Å². The highest BCUT2D eigenvalue weighted by Gasteiger charge is 2.29. The third-order valence-corrected chi connectivity index (χ3v) is 4.80. The second-order valence-corrected chi connectivity index (χ2v) is 6.25. The highest BCUT2D eigenvalue weighted by atomic mass is 15.1. The molecule has 3 atom stereocenters. The summed E-state index contributed by atoms with van der Waals surface area (Å²) in [6.45, 7) is 11.7. The predicted octanol–water partition coefficient (Wildman–Crippen LogP) is 3.52. The molecule has 0 heterocycles. The fraction of sp³-hybridized carbons (Fsp3) is 1.00. The molecule has 1 aliphatic carbocycles. The molecule has 0 aromatic heterocycles. The van der Waals surface area contributed by atoms with Gasteiger partial charge in [0.15, 0.2) is 0 Å². The van der Waals surface area contributed by atoms with Crippen molar-refractivity contribution < 1.29 is 0 Å². The van der Waals surface area contributed by atoms with Crippen LogP contribution in [0, 0.1) is 11.8 Å². The maximum atomic E-state index is 3.71. The van der Waals surface area contributed by atoms with Crippen molar-refractivity contribution in [2.45, 2.75) is 71.9 Å². The zero-order chi connectivity index (χ0) is 13.5. The molecule has 108 valence electrons. The van der Waals surface area contributed by atoms with Crippen LogP contribution in [0.2, 0.25) is 0 Å². The van der Waals surface area contributed by atoms with Crippen LogP contribution in [0.1, 0.15) is 59.8 Å². The van der Waals surface area contributed by atoms with Gasteiger partial charge in [-0.15, -0.1) is 0 Å². The quantitative estimate of drug-likeness (QED) is 0.748. The molecule has 0 bridgehead atoms. The largest absolute Gasteiger partial charge is 0.314 e. The predicted molar refractivity (Wildman–Crippen MR) is 81.0 cm³/mol. The molecule has 1 saturated carbocycles. The van der Waals surface area contributed by atoms with Crippen LogP contribution in [0.4, 0.5) is 0 Å². The van der Waals surface area contributed by atoms with Crippen molar-refractivity contribution in [2.75, 3.05) is 20.1 Å². The third-order valence-electron chi connectivity index (χ3n) is 4.80. The van der Waals surface area contributed by atoms with Gasteiger partial charge in [-0.05, 0) is 57.5 Å². The highest BCUT2D eigenvalue weighted by Crippen LogP contribution is 2.30. The van der Waals surface area contributed by atoms with Crippen molar-refractivity contribution in [3.63, 3.8) is 0 Å². The number of nitrogens with one attached hydrogen (secondary N) is 1. The second-order valence-electron chi connectivity index (χ2n) is 6.25. The first-order valence-corrected chi connectivity index (χ1v) is 8.05. The lowest BCUT2D eigenvalue weighted by Crippen LogP contribution is -2.46. The molecular weight excluding hydrogens is 220 g/mol. The highest BCUT2D eigenvalue weighted by molar-refractivity contribution is 4.85. The molecule has 0 spiro atoms. The van der Waals surface area contributed by atoms with E-state index in [4.69, 9.17) is 0 Å². The summed E-state index contributed by atoms with van der Waals surface area (Å²) >= 11 is 0. The molecule has 0 saturated heterocycles. The zero-order valence-electron chi connectivity index (χ0n) is 13.2. The van der Waals surface area contributed by atoms with Crippen molar-refractivity contribution in [1.29, 1.82) is 0 Å². The minimum atomic E-state index is 0.753. The Bertz CT molecular complexity index is 213. The van der Waals surface area contributed by atoms with Gasteiger partial charge in [-0.3, -0.25) is 0 Å². The Morgan fingerprint density at radius 2 is 1.83 bits per heavy atom. The van der Waals surface area contributed by atoms with Gasteiger partial charge in [-0.1, -0.05) is 27.7 Å². The van der Waals surface area contributed by atoms with Gasteiger partial charge in [0.05, 0.1) is 0 Å². The molecule has 0 aromatic rings. The lowest BCUT2D eigenvalue weighted by atomic mass is 9.78. The number of rotatable bonds is 7. The van der Waals surface area contributed by atoms with Gasteiger partial charge >= 0.3 is 0 Å². The second kappa shape index (κ2) is 8.16. The fourth-order valence-corrected chi connectivity index (χ4v) is 3.66. The Balaban J connectivity index is 2.53. The van der Waals surface area contributed by atoms with E-state index in [1.165, 1.54) is 38.6 Å². The van der Waals surface area contributed by atoms with Gasteiger partial charge in [0.25, 0.3) is 0 Å². The van der Waals surface area contributed by atoms with Crippen LogP contribution >= 0.6 is 0 Å². The van der Waals surface area contributed by atoms with Gasteiger partial charge in [0.1, 0.15) is 0 Å². The summed E-state index contributed by atoms with van der Waals surface area (Å²) in [7, 11) is 2.32. The van der Waals surface area contributed by atoms with E-state index in [1.807, 2.05) is 0 Å². The van der Waals surface area contributed by atoms with E-state index in [1.54, 1.807) is 0 Å². The van der Waals surface area contributed by atoms with E-state index < -0.39 is 0 Å². The van der Waals surface area contributed by atoms with Crippen LogP contribution in [0.5, 0.6) is 0 Å². The molecule has 2 nitrogen and oxygen atoms in total. The van der Waals surface area contributed by atoms with E-state index in [-0.39, 0.29) is 0 Å². The monoisotopic (exact) mass is 254 g/mol. The van der Waals surface area contributed by atoms with Crippen LogP contribution in [0.3, 0.4) is 0 Å². The number of nitrogens with zero attached hydrogens (tertiary/aromatic N) is 1. The summed E-state index contributed by atoms with van der Waals surface area (Å²) < 4.78 is 0. The first-order valence-electron chi connectivity index (χ1n) is 8.05. The van der Waals surface area contributed by atoms with E-state index in [9.17, 15) is 0 Å². The Morgan fingerprint density at radius 1 is 1.17 bits per heavy atom. The Hall–Kier alpha value is -0.0800. The molecular formula is C16H34N2. The minimum Gasteiger partial charge on any atom is -0.314 e. The van der Waals surface area contributed by atoms with Crippen molar-refractivity contribution in [3.8, 4) is 0 Å². The zero-order valence-corrected chi connectivity index (χ0v) is 13.2. The molecule has 1 fully saturated rings. The molecule has 1 aliphatic rings. The first kappa shape index (κ1) is 16.0. The summed E-state index contributed by atoms with van der Waals surface area (Å²) in [6.07, 6.45) is 6.74. The van der Waals surface area contributed by atoms with Gasteiger partial charge in [-0.25, -0.2) is 0 Å². The van der Waals surface area contributed by atoms with Crippen LogP contribution in [-0.2, 0) is 0 Å². The topological polar surface area (TPSA) is 15.3 Å². The van der Waals surface area contributed by atoms with Gasteiger partial charge in [0.2, 0.25) is 0 Å². The van der Waals surface area contributed by atoms with Crippen LogP contribution < -0.4 is 5.32 Å². The van der Waals surface area contributed by atoms with Crippen molar-refractivity contribution >= 4 is 0 Å². The number of hydrogen-bond acceptors (Lipinski definition) is 2.